The number of aryl methyl sites for hydroxylation is 1. The molecule has 0 heterocycles. The molecule has 0 N–H and O–H groups in total. The second kappa shape index (κ2) is 9.79. The molecule has 8 aromatic rings. The van der Waals surface area contributed by atoms with E-state index in [-0.39, 0.29) is 5.41 Å². The topological polar surface area (TPSA) is 3.24 Å². The Hall–Kier alpha value is -5.92. The van der Waals surface area contributed by atoms with Gasteiger partial charge in [0.25, 0.3) is 0 Å². The molecule has 47 heavy (non-hydrogen) atoms. The van der Waals surface area contributed by atoms with Crippen LogP contribution in [0.5, 0.6) is 0 Å². The standard InChI is InChI=1S/C46H31N/c1-30-21-25-33(26-22-30)47(44-20-10-12-32-24-23-31-11-2-3-13-35(31)45(32)44)34-27-28-39-38-16-6-9-19-42(38)46(43(39)29-34)40-17-7-4-14-36(40)37-15-5-8-18-41(37)46/h2-29H,1H3. The van der Waals surface area contributed by atoms with E-state index in [1.165, 1.54) is 77.3 Å². The summed E-state index contributed by atoms with van der Waals surface area (Å²) in [4.78, 5) is 2.47. The predicted molar refractivity (Wildman–Crippen MR) is 197 cm³/mol. The highest BCUT2D eigenvalue weighted by molar-refractivity contribution is 6.15. The summed E-state index contributed by atoms with van der Waals surface area (Å²) in [5.41, 5.74) is 15.1. The van der Waals surface area contributed by atoms with Crippen LogP contribution in [0.2, 0.25) is 0 Å². The van der Waals surface area contributed by atoms with Gasteiger partial charge in [-0.2, -0.15) is 0 Å². The number of hydrogen-bond donors (Lipinski definition) is 0. The highest BCUT2D eigenvalue weighted by Gasteiger charge is 2.51. The lowest BCUT2D eigenvalue weighted by atomic mass is 9.70. The Balaban J connectivity index is 1.30. The third-order valence-corrected chi connectivity index (χ3v) is 10.5. The molecule has 0 radical (unpaired) electrons. The molecule has 1 nitrogen and oxygen atoms in total. The normalized spacial score (nSPS) is 13.4. The molecule has 0 bridgehead atoms. The summed E-state index contributed by atoms with van der Waals surface area (Å²) < 4.78 is 0. The molecule has 0 saturated heterocycles. The maximum Gasteiger partial charge on any atom is 0.0726 e. The molecule has 0 atom stereocenters. The fourth-order valence-electron chi connectivity index (χ4n) is 8.57. The Kier molecular flexibility index (Phi) is 5.48. The van der Waals surface area contributed by atoms with E-state index in [0.717, 1.165) is 11.4 Å². The fourth-order valence-corrected chi connectivity index (χ4v) is 8.57. The van der Waals surface area contributed by atoms with Crippen LogP contribution in [0.15, 0.2) is 170 Å². The first-order chi connectivity index (χ1) is 23.2. The number of benzene rings is 8. The van der Waals surface area contributed by atoms with Crippen molar-refractivity contribution < 1.29 is 0 Å². The van der Waals surface area contributed by atoms with E-state index < -0.39 is 0 Å². The van der Waals surface area contributed by atoms with Crippen molar-refractivity contribution in [3.63, 3.8) is 0 Å². The summed E-state index contributed by atoms with van der Waals surface area (Å²) in [7, 11) is 0. The first-order valence-corrected chi connectivity index (χ1v) is 16.4. The van der Waals surface area contributed by atoms with Crippen molar-refractivity contribution in [3.8, 4) is 22.3 Å². The van der Waals surface area contributed by atoms with Gasteiger partial charge in [-0.1, -0.05) is 145 Å². The molecule has 0 amide bonds. The predicted octanol–water partition coefficient (Wildman–Crippen LogP) is 12.1. The zero-order valence-corrected chi connectivity index (χ0v) is 26.1. The Morgan fingerprint density at radius 2 is 0.936 bits per heavy atom. The van der Waals surface area contributed by atoms with Crippen LogP contribution in [-0.4, -0.2) is 0 Å². The molecule has 2 aliphatic carbocycles. The Morgan fingerprint density at radius 3 is 1.62 bits per heavy atom. The number of rotatable bonds is 3. The number of hydrogen-bond acceptors (Lipinski definition) is 1. The molecule has 2 aliphatic rings. The Morgan fingerprint density at radius 1 is 0.404 bits per heavy atom. The van der Waals surface area contributed by atoms with E-state index in [9.17, 15) is 0 Å². The third kappa shape index (κ3) is 3.54. The molecule has 0 aliphatic heterocycles. The summed E-state index contributed by atoms with van der Waals surface area (Å²) in [5.74, 6) is 0. The van der Waals surface area contributed by atoms with Gasteiger partial charge < -0.3 is 4.90 Å². The van der Waals surface area contributed by atoms with Crippen LogP contribution < -0.4 is 4.90 Å². The lowest BCUT2D eigenvalue weighted by Crippen LogP contribution is -2.26. The summed E-state index contributed by atoms with van der Waals surface area (Å²) in [6, 6.07) is 63.2. The monoisotopic (exact) mass is 597 g/mol. The van der Waals surface area contributed by atoms with Gasteiger partial charge in [0.15, 0.2) is 0 Å². The minimum Gasteiger partial charge on any atom is -0.310 e. The number of nitrogens with zero attached hydrogens (tertiary/aromatic N) is 1. The average molecular weight is 598 g/mol. The second-order valence-electron chi connectivity index (χ2n) is 12.9. The van der Waals surface area contributed by atoms with Gasteiger partial charge in [-0.25, -0.2) is 0 Å². The zero-order chi connectivity index (χ0) is 31.1. The minimum absolute atomic E-state index is 0.389. The van der Waals surface area contributed by atoms with Crippen LogP contribution in [0.4, 0.5) is 17.1 Å². The molecular weight excluding hydrogens is 567 g/mol. The van der Waals surface area contributed by atoms with Gasteiger partial charge in [-0.05, 0) is 97.9 Å². The van der Waals surface area contributed by atoms with Crippen LogP contribution >= 0.6 is 0 Å². The summed E-state index contributed by atoms with van der Waals surface area (Å²) in [6.07, 6.45) is 0. The largest absolute Gasteiger partial charge is 0.310 e. The highest BCUT2D eigenvalue weighted by Crippen LogP contribution is 2.63. The van der Waals surface area contributed by atoms with Crippen LogP contribution in [0.3, 0.4) is 0 Å². The van der Waals surface area contributed by atoms with Crippen molar-refractivity contribution in [1.29, 1.82) is 0 Å². The Bertz CT molecular complexity index is 2470. The molecule has 0 aromatic heterocycles. The molecule has 1 heteroatoms. The molecule has 1 spiro atoms. The summed E-state index contributed by atoms with van der Waals surface area (Å²) in [6.45, 7) is 2.16. The molecule has 220 valence electrons. The molecule has 10 rings (SSSR count). The highest BCUT2D eigenvalue weighted by atomic mass is 15.1. The van der Waals surface area contributed by atoms with Crippen LogP contribution in [-0.2, 0) is 5.41 Å². The van der Waals surface area contributed by atoms with Crippen LogP contribution in [0.25, 0.3) is 43.8 Å². The van der Waals surface area contributed by atoms with E-state index in [4.69, 9.17) is 0 Å². The summed E-state index contributed by atoms with van der Waals surface area (Å²) >= 11 is 0. The van der Waals surface area contributed by atoms with E-state index in [1.807, 2.05) is 0 Å². The molecule has 0 saturated carbocycles. The average Bonchev–Trinajstić information content (AvgIpc) is 3.60. The Labute approximate surface area is 275 Å². The maximum absolute atomic E-state index is 2.48. The first kappa shape index (κ1) is 26.3. The van der Waals surface area contributed by atoms with E-state index in [0.29, 0.717) is 0 Å². The van der Waals surface area contributed by atoms with Gasteiger partial charge in [0.05, 0.1) is 11.1 Å². The summed E-state index contributed by atoms with van der Waals surface area (Å²) in [5, 5.41) is 5.02. The fraction of sp³-hybridized carbons (Fsp3) is 0.0435. The second-order valence-corrected chi connectivity index (χ2v) is 12.9. The van der Waals surface area contributed by atoms with E-state index >= 15 is 0 Å². The van der Waals surface area contributed by atoms with Gasteiger partial charge >= 0.3 is 0 Å². The van der Waals surface area contributed by atoms with Gasteiger partial charge in [0.1, 0.15) is 0 Å². The molecular formula is C46H31N. The zero-order valence-electron chi connectivity index (χ0n) is 26.1. The van der Waals surface area contributed by atoms with Crippen molar-refractivity contribution in [3.05, 3.63) is 198 Å². The van der Waals surface area contributed by atoms with Crippen molar-refractivity contribution in [1.82, 2.24) is 0 Å². The van der Waals surface area contributed by atoms with E-state index in [2.05, 4.69) is 182 Å². The van der Waals surface area contributed by atoms with Crippen LogP contribution in [0.1, 0.15) is 27.8 Å². The van der Waals surface area contributed by atoms with Gasteiger partial charge in [0, 0.05) is 16.8 Å². The molecule has 0 unspecified atom stereocenters. The molecule has 0 fully saturated rings. The van der Waals surface area contributed by atoms with Crippen LogP contribution in [0, 0.1) is 6.92 Å². The lowest BCUT2D eigenvalue weighted by molar-refractivity contribution is 0.793. The van der Waals surface area contributed by atoms with Gasteiger partial charge in [-0.15, -0.1) is 0 Å². The van der Waals surface area contributed by atoms with Crippen molar-refractivity contribution in [2.24, 2.45) is 0 Å². The molecule has 8 aromatic carbocycles. The van der Waals surface area contributed by atoms with Crippen molar-refractivity contribution in [2.45, 2.75) is 12.3 Å². The van der Waals surface area contributed by atoms with Gasteiger partial charge in [0.2, 0.25) is 0 Å². The maximum atomic E-state index is 2.48. The quantitative estimate of drug-likeness (QED) is 0.183. The van der Waals surface area contributed by atoms with Crippen molar-refractivity contribution in [2.75, 3.05) is 4.90 Å². The van der Waals surface area contributed by atoms with Crippen molar-refractivity contribution >= 4 is 38.6 Å². The van der Waals surface area contributed by atoms with Gasteiger partial charge in [-0.3, -0.25) is 0 Å². The number of fused-ring (bicyclic) bond motifs is 13. The number of anilines is 3. The SMILES string of the molecule is Cc1ccc(N(c2ccc3c(c2)C2(c4ccccc4-c4ccccc42)c2ccccc2-3)c2cccc3ccc4ccccc4c23)cc1. The third-order valence-electron chi connectivity index (χ3n) is 10.5. The smallest absolute Gasteiger partial charge is 0.0726 e. The van der Waals surface area contributed by atoms with E-state index in [1.54, 1.807) is 0 Å². The first-order valence-electron chi connectivity index (χ1n) is 16.4. The lowest BCUT2D eigenvalue weighted by Gasteiger charge is -2.32. The minimum atomic E-state index is -0.389.